The van der Waals surface area contributed by atoms with Gasteiger partial charge in [0.1, 0.15) is 11.6 Å². The van der Waals surface area contributed by atoms with Crippen LogP contribution in [0.1, 0.15) is 0 Å². The van der Waals surface area contributed by atoms with Crippen molar-refractivity contribution in [1.82, 2.24) is 19.1 Å². The quantitative estimate of drug-likeness (QED) is 0.177. The van der Waals surface area contributed by atoms with Crippen molar-refractivity contribution in [2.75, 3.05) is 0 Å². The van der Waals surface area contributed by atoms with Crippen molar-refractivity contribution in [3.8, 4) is 56.4 Å². The maximum Gasteiger partial charge on any atom is 0.145 e. The molecule has 0 aliphatic heterocycles. The molecular weight excluding hydrogens is 633 g/mol. The van der Waals surface area contributed by atoms with Gasteiger partial charge in [-0.25, -0.2) is 9.97 Å². The van der Waals surface area contributed by atoms with Crippen LogP contribution >= 0.6 is 0 Å². The van der Waals surface area contributed by atoms with E-state index in [0.717, 1.165) is 89.2 Å². The van der Waals surface area contributed by atoms with E-state index in [1.807, 2.05) is 0 Å². The molecule has 4 nitrogen and oxygen atoms in total. The van der Waals surface area contributed by atoms with Gasteiger partial charge in [0.05, 0.1) is 22.1 Å². The zero-order valence-corrected chi connectivity index (χ0v) is 28.3. The molecule has 2 heterocycles. The normalized spacial score (nSPS) is 11.5. The Bertz CT molecular complexity index is 2670. The van der Waals surface area contributed by atoms with Gasteiger partial charge in [-0.3, -0.25) is 9.13 Å². The van der Waals surface area contributed by atoms with Gasteiger partial charge in [-0.05, 0) is 106 Å². The van der Waals surface area contributed by atoms with Gasteiger partial charge in [0.2, 0.25) is 0 Å². The maximum absolute atomic E-state index is 5.29. The monoisotopic (exact) mass is 664 g/mol. The first-order valence-electron chi connectivity index (χ1n) is 17.6. The van der Waals surface area contributed by atoms with E-state index in [4.69, 9.17) is 9.97 Å². The molecule has 10 rings (SSSR count). The summed E-state index contributed by atoms with van der Waals surface area (Å²) in [5, 5.41) is 2.31. The van der Waals surface area contributed by atoms with Crippen LogP contribution in [0.3, 0.4) is 0 Å². The molecule has 0 atom stereocenters. The molecule has 4 heteroatoms. The van der Waals surface area contributed by atoms with Crippen LogP contribution in [0.15, 0.2) is 194 Å². The van der Waals surface area contributed by atoms with Crippen molar-refractivity contribution in [1.29, 1.82) is 0 Å². The lowest BCUT2D eigenvalue weighted by Crippen LogP contribution is -1.99. The topological polar surface area (TPSA) is 35.6 Å². The Morgan fingerprint density at radius 1 is 0.308 bits per heavy atom. The van der Waals surface area contributed by atoms with E-state index in [0.29, 0.717) is 0 Å². The summed E-state index contributed by atoms with van der Waals surface area (Å²) in [5.74, 6) is 1.81. The van der Waals surface area contributed by atoms with Crippen molar-refractivity contribution in [2.45, 2.75) is 0 Å². The van der Waals surface area contributed by atoms with Gasteiger partial charge < -0.3 is 0 Å². The third kappa shape index (κ3) is 5.00. The highest BCUT2D eigenvalue weighted by Crippen LogP contribution is 2.43. The number of benzene rings is 8. The number of hydrogen-bond acceptors (Lipinski definition) is 2. The first-order chi connectivity index (χ1) is 25.8. The lowest BCUT2D eigenvalue weighted by molar-refractivity contribution is 1.10. The molecule has 0 bridgehead atoms. The number of nitrogens with zero attached hydrogens (tertiary/aromatic N) is 4. The van der Waals surface area contributed by atoms with Gasteiger partial charge >= 0.3 is 0 Å². The Hall–Kier alpha value is -7.04. The Kier molecular flexibility index (Phi) is 7.10. The summed E-state index contributed by atoms with van der Waals surface area (Å²) in [7, 11) is 0. The molecule has 0 unspecified atom stereocenters. The summed E-state index contributed by atoms with van der Waals surface area (Å²) in [6.45, 7) is 0. The summed E-state index contributed by atoms with van der Waals surface area (Å²) in [6.07, 6.45) is 0. The van der Waals surface area contributed by atoms with Gasteiger partial charge in [-0.1, -0.05) is 121 Å². The predicted octanol–water partition coefficient (Wildman–Crippen LogP) is 12.2. The fourth-order valence-corrected chi connectivity index (χ4v) is 7.55. The van der Waals surface area contributed by atoms with Gasteiger partial charge in [-0.15, -0.1) is 0 Å². The molecule has 0 saturated carbocycles. The first-order valence-corrected chi connectivity index (χ1v) is 17.6. The van der Waals surface area contributed by atoms with Crippen LogP contribution in [0.5, 0.6) is 0 Å². The second kappa shape index (κ2) is 12.4. The van der Waals surface area contributed by atoms with Crippen molar-refractivity contribution >= 4 is 32.8 Å². The van der Waals surface area contributed by atoms with E-state index in [9.17, 15) is 0 Å². The molecule has 0 saturated heterocycles. The SMILES string of the molecule is c1ccc(-c2cc(-c3nc4ccccc4n3-c3ccccc3)cc3c(-c4ccccc4)cc(-c4nc5ccccc5n4-c4ccccc4)cc23)cc1. The molecule has 0 aliphatic carbocycles. The number of fused-ring (bicyclic) bond motifs is 3. The molecule has 10 aromatic rings. The lowest BCUT2D eigenvalue weighted by Gasteiger charge is -2.18. The molecule has 0 radical (unpaired) electrons. The van der Waals surface area contributed by atoms with Crippen molar-refractivity contribution in [2.24, 2.45) is 0 Å². The molecule has 52 heavy (non-hydrogen) atoms. The standard InChI is InChI=1S/C48H32N4/c1-5-17-33(18-6-1)39-29-35(47-49-43-25-13-15-27-45(43)51(47)37-21-9-3-10-22-37)32-42-40(34-19-7-2-8-20-34)30-36(31-41(39)42)48-50-44-26-14-16-28-46(44)52(48)38-23-11-4-12-24-38/h1-32H. The predicted molar refractivity (Wildman–Crippen MR) is 215 cm³/mol. The van der Waals surface area contributed by atoms with Gasteiger partial charge in [0.25, 0.3) is 0 Å². The van der Waals surface area contributed by atoms with E-state index in [2.05, 4.69) is 203 Å². The Morgan fingerprint density at radius 3 is 1.06 bits per heavy atom. The number of imidazole rings is 2. The fraction of sp³-hybridized carbons (Fsp3) is 0. The third-order valence-electron chi connectivity index (χ3n) is 9.91. The number of para-hydroxylation sites is 6. The molecule has 0 aliphatic rings. The fourth-order valence-electron chi connectivity index (χ4n) is 7.55. The average Bonchev–Trinajstić information content (AvgIpc) is 3.81. The molecule has 8 aromatic carbocycles. The highest BCUT2D eigenvalue weighted by atomic mass is 15.1. The molecule has 0 N–H and O–H groups in total. The third-order valence-corrected chi connectivity index (χ3v) is 9.91. The lowest BCUT2D eigenvalue weighted by atomic mass is 9.89. The number of rotatable bonds is 6. The highest BCUT2D eigenvalue weighted by molar-refractivity contribution is 6.09. The summed E-state index contributed by atoms with van der Waals surface area (Å²) in [6, 6.07) is 68.5. The molecular formula is C48H32N4. The Morgan fingerprint density at radius 2 is 0.654 bits per heavy atom. The van der Waals surface area contributed by atoms with Crippen LogP contribution in [0, 0.1) is 0 Å². The Balaban J connectivity index is 1.32. The summed E-state index contributed by atoms with van der Waals surface area (Å²) in [5.41, 5.74) is 12.9. The molecule has 0 amide bonds. The second-order valence-electron chi connectivity index (χ2n) is 13.1. The van der Waals surface area contributed by atoms with Gasteiger partial charge in [0, 0.05) is 22.5 Å². The summed E-state index contributed by atoms with van der Waals surface area (Å²) >= 11 is 0. The number of aromatic nitrogens is 4. The van der Waals surface area contributed by atoms with Gasteiger partial charge in [0.15, 0.2) is 0 Å². The molecule has 0 fully saturated rings. The van der Waals surface area contributed by atoms with Crippen molar-refractivity contribution in [3.63, 3.8) is 0 Å². The summed E-state index contributed by atoms with van der Waals surface area (Å²) < 4.78 is 4.56. The largest absolute Gasteiger partial charge is 0.292 e. The molecule has 0 spiro atoms. The van der Waals surface area contributed by atoms with Crippen molar-refractivity contribution < 1.29 is 0 Å². The van der Waals surface area contributed by atoms with Crippen LogP contribution in [-0.2, 0) is 0 Å². The zero-order valence-electron chi connectivity index (χ0n) is 28.3. The van der Waals surface area contributed by atoms with Crippen LogP contribution in [0.25, 0.3) is 89.2 Å². The smallest absolute Gasteiger partial charge is 0.145 e. The second-order valence-corrected chi connectivity index (χ2v) is 13.1. The summed E-state index contributed by atoms with van der Waals surface area (Å²) in [4.78, 5) is 10.6. The van der Waals surface area contributed by atoms with Crippen molar-refractivity contribution in [3.05, 3.63) is 194 Å². The van der Waals surface area contributed by atoms with Crippen LogP contribution < -0.4 is 0 Å². The van der Waals surface area contributed by atoms with E-state index in [1.54, 1.807) is 0 Å². The first kappa shape index (κ1) is 29.8. The molecule has 244 valence electrons. The number of hydrogen-bond donors (Lipinski definition) is 0. The Labute approximate surface area is 301 Å². The minimum atomic E-state index is 0.903. The minimum absolute atomic E-state index is 0.903. The van der Waals surface area contributed by atoms with E-state index in [-0.39, 0.29) is 0 Å². The maximum atomic E-state index is 5.29. The van der Waals surface area contributed by atoms with Crippen LogP contribution in [0.4, 0.5) is 0 Å². The van der Waals surface area contributed by atoms with Crippen LogP contribution in [-0.4, -0.2) is 19.1 Å². The van der Waals surface area contributed by atoms with E-state index < -0.39 is 0 Å². The molecule has 2 aromatic heterocycles. The average molecular weight is 665 g/mol. The highest BCUT2D eigenvalue weighted by Gasteiger charge is 2.21. The van der Waals surface area contributed by atoms with Gasteiger partial charge in [-0.2, -0.15) is 0 Å². The minimum Gasteiger partial charge on any atom is -0.292 e. The zero-order chi connectivity index (χ0) is 34.4. The van der Waals surface area contributed by atoms with Crippen LogP contribution in [0.2, 0.25) is 0 Å². The van der Waals surface area contributed by atoms with E-state index >= 15 is 0 Å². The van der Waals surface area contributed by atoms with E-state index in [1.165, 1.54) is 0 Å².